The molecule has 0 unspecified atom stereocenters. The van der Waals surface area contributed by atoms with Crippen LogP contribution in [0.4, 0.5) is 0 Å². The predicted molar refractivity (Wildman–Crippen MR) is 77.8 cm³/mol. The maximum absolute atomic E-state index is 10.4. The number of hydrogen-bond acceptors (Lipinski definition) is 3. The lowest BCUT2D eigenvalue weighted by Crippen LogP contribution is -2.26. The maximum Gasteiger partial charge on any atom is 0.162 e. The summed E-state index contributed by atoms with van der Waals surface area (Å²) in [7, 11) is 1.60. The molecule has 0 aliphatic heterocycles. The Kier molecular flexibility index (Phi) is 3.44. The van der Waals surface area contributed by atoms with Crippen LogP contribution in [-0.2, 0) is 0 Å². The topological polar surface area (TPSA) is 38.7 Å². The number of hydrogen-bond donors (Lipinski definition) is 1. The van der Waals surface area contributed by atoms with Crippen molar-refractivity contribution in [3.8, 4) is 11.5 Å². The van der Waals surface area contributed by atoms with Gasteiger partial charge in [0.2, 0.25) is 0 Å². The molecular formula is C17H16O3. The highest BCUT2D eigenvalue weighted by Gasteiger charge is 2.26. The van der Waals surface area contributed by atoms with Crippen LogP contribution in [0.2, 0.25) is 0 Å². The number of fused-ring (bicyclic) bond motifs is 1. The fraction of sp³-hybridized carbons (Fsp3) is 0.176. The van der Waals surface area contributed by atoms with E-state index in [1.54, 1.807) is 7.11 Å². The molecule has 0 saturated heterocycles. The molecule has 3 nitrogen and oxygen atoms in total. The smallest absolute Gasteiger partial charge is 0.162 e. The highest BCUT2D eigenvalue weighted by atomic mass is 16.5. The van der Waals surface area contributed by atoms with Crippen LogP contribution < -0.4 is 9.47 Å². The van der Waals surface area contributed by atoms with Gasteiger partial charge in [-0.05, 0) is 29.3 Å². The second-order valence-corrected chi connectivity index (χ2v) is 4.67. The Morgan fingerprint density at radius 1 is 0.950 bits per heavy atom. The van der Waals surface area contributed by atoms with Crippen LogP contribution >= 0.6 is 0 Å². The summed E-state index contributed by atoms with van der Waals surface area (Å²) >= 11 is 0. The summed E-state index contributed by atoms with van der Waals surface area (Å²) in [6, 6.07) is 15.2. The second-order valence-electron chi connectivity index (χ2n) is 4.67. The van der Waals surface area contributed by atoms with E-state index in [9.17, 15) is 5.11 Å². The van der Waals surface area contributed by atoms with Gasteiger partial charge in [-0.3, -0.25) is 0 Å². The van der Waals surface area contributed by atoms with Gasteiger partial charge in [0.15, 0.2) is 11.5 Å². The Hall–Kier alpha value is -2.26. The number of rotatable bonds is 3. The summed E-state index contributed by atoms with van der Waals surface area (Å²) in [5.74, 6) is 1.29. The van der Waals surface area contributed by atoms with Gasteiger partial charge >= 0.3 is 0 Å². The van der Waals surface area contributed by atoms with Crippen LogP contribution in [0.25, 0.3) is 6.08 Å². The minimum Gasteiger partial charge on any atom is -0.493 e. The molecular weight excluding hydrogens is 252 g/mol. The number of para-hydroxylation sites is 2. The monoisotopic (exact) mass is 268 g/mol. The summed E-state index contributed by atoms with van der Waals surface area (Å²) < 4.78 is 11.1. The van der Waals surface area contributed by atoms with Crippen LogP contribution in [0.1, 0.15) is 17.2 Å². The third-order valence-electron chi connectivity index (χ3n) is 3.42. The highest BCUT2D eigenvalue weighted by molar-refractivity contribution is 5.58. The molecule has 1 aliphatic rings. The van der Waals surface area contributed by atoms with Crippen molar-refractivity contribution < 1.29 is 14.6 Å². The number of methoxy groups -OCH3 is 1. The molecule has 0 heterocycles. The molecule has 102 valence electrons. The molecule has 0 saturated carbocycles. The first-order valence-corrected chi connectivity index (χ1v) is 6.54. The normalized spacial score (nSPS) is 20.3. The highest BCUT2D eigenvalue weighted by Crippen LogP contribution is 2.33. The van der Waals surface area contributed by atoms with E-state index in [4.69, 9.17) is 9.47 Å². The van der Waals surface area contributed by atoms with E-state index in [0.29, 0.717) is 11.5 Å². The van der Waals surface area contributed by atoms with E-state index in [1.165, 1.54) is 0 Å². The minimum atomic E-state index is -0.680. The zero-order valence-corrected chi connectivity index (χ0v) is 11.2. The Morgan fingerprint density at radius 3 is 2.45 bits per heavy atom. The summed E-state index contributed by atoms with van der Waals surface area (Å²) in [4.78, 5) is 0. The van der Waals surface area contributed by atoms with E-state index < -0.39 is 12.2 Å². The number of aliphatic hydroxyl groups is 1. The zero-order chi connectivity index (χ0) is 13.9. The van der Waals surface area contributed by atoms with Crippen LogP contribution in [0, 0.1) is 0 Å². The first kappa shape index (κ1) is 12.8. The summed E-state index contributed by atoms with van der Waals surface area (Å²) in [6.45, 7) is 0. The van der Waals surface area contributed by atoms with Crippen LogP contribution in [0.15, 0.2) is 54.6 Å². The van der Waals surface area contributed by atoms with Gasteiger partial charge < -0.3 is 14.6 Å². The first-order valence-electron chi connectivity index (χ1n) is 6.54. The van der Waals surface area contributed by atoms with Crippen LogP contribution in [0.3, 0.4) is 0 Å². The molecule has 1 aliphatic carbocycles. The van der Waals surface area contributed by atoms with Gasteiger partial charge in [0.05, 0.1) is 7.11 Å². The molecule has 3 rings (SSSR count). The van der Waals surface area contributed by atoms with Crippen molar-refractivity contribution in [1.82, 2.24) is 0 Å². The maximum atomic E-state index is 10.4. The third kappa shape index (κ3) is 2.28. The van der Waals surface area contributed by atoms with E-state index >= 15 is 0 Å². The van der Waals surface area contributed by atoms with Crippen molar-refractivity contribution in [2.75, 3.05) is 7.11 Å². The summed E-state index contributed by atoms with van der Waals surface area (Å²) in [5.41, 5.74) is 1.91. The van der Waals surface area contributed by atoms with Gasteiger partial charge in [0, 0.05) is 0 Å². The van der Waals surface area contributed by atoms with E-state index in [2.05, 4.69) is 0 Å². The molecule has 0 fully saturated rings. The molecule has 0 amide bonds. The zero-order valence-electron chi connectivity index (χ0n) is 11.2. The lowest BCUT2D eigenvalue weighted by atomic mass is 9.93. The Bertz CT molecular complexity index is 634. The molecule has 0 bridgehead atoms. The quantitative estimate of drug-likeness (QED) is 0.929. The lowest BCUT2D eigenvalue weighted by Gasteiger charge is -2.26. The molecule has 2 aromatic carbocycles. The average molecular weight is 268 g/mol. The van der Waals surface area contributed by atoms with Gasteiger partial charge in [-0.2, -0.15) is 0 Å². The van der Waals surface area contributed by atoms with Crippen molar-refractivity contribution in [2.45, 2.75) is 12.2 Å². The summed E-state index contributed by atoms with van der Waals surface area (Å²) in [6.07, 6.45) is 2.75. The Morgan fingerprint density at radius 2 is 1.65 bits per heavy atom. The molecule has 20 heavy (non-hydrogen) atoms. The molecule has 0 spiro atoms. The fourth-order valence-corrected chi connectivity index (χ4v) is 2.38. The van der Waals surface area contributed by atoms with Crippen molar-refractivity contribution in [3.63, 3.8) is 0 Å². The van der Waals surface area contributed by atoms with Gasteiger partial charge in [0.1, 0.15) is 12.2 Å². The molecule has 3 heteroatoms. The van der Waals surface area contributed by atoms with Crippen LogP contribution in [-0.4, -0.2) is 18.3 Å². The largest absolute Gasteiger partial charge is 0.493 e. The Balaban J connectivity index is 1.87. The second kappa shape index (κ2) is 5.39. The van der Waals surface area contributed by atoms with Gasteiger partial charge in [-0.25, -0.2) is 0 Å². The summed E-state index contributed by atoms with van der Waals surface area (Å²) in [5, 5.41) is 10.4. The lowest BCUT2D eigenvalue weighted by molar-refractivity contribution is 0.0606. The number of ether oxygens (including phenoxy) is 2. The van der Waals surface area contributed by atoms with Crippen molar-refractivity contribution >= 4 is 6.08 Å². The van der Waals surface area contributed by atoms with Gasteiger partial charge in [-0.15, -0.1) is 0 Å². The standard InChI is InChI=1S/C17H16O3/c1-19-14-8-4-5-9-15(14)20-16-11-10-12-6-2-3-7-13(12)17(16)18/h2-11,16-18H,1H3/t16-,17-/m0/s1. The molecule has 2 atom stereocenters. The Labute approximate surface area is 118 Å². The molecule has 2 aromatic rings. The van der Waals surface area contributed by atoms with Crippen molar-refractivity contribution in [3.05, 3.63) is 65.7 Å². The van der Waals surface area contributed by atoms with E-state index in [1.807, 2.05) is 60.7 Å². The third-order valence-corrected chi connectivity index (χ3v) is 3.42. The number of aliphatic hydroxyl groups excluding tert-OH is 1. The van der Waals surface area contributed by atoms with Gasteiger partial charge in [-0.1, -0.05) is 42.5 Å². The van der Waals surface area contributed by atoms with Crippen molar-refractivity contribution in [2.24, 2.45) is 0 Å². The first-order chi connectivity index (χ1) is 9.79. The van der Waals surface area contributed by atoms with Gasteiger partial charge in [0.25, 0.3) is 0 Å². The predicted octanol–water partition coefficient (Wildman–Crippen LogP) is 3.20. The minimum absolute atomic E-state index is 0.416. The number of benzene rings is 2. The fourth-order valence-electron chi connectivity index (χ4n) is 2.38. The van der Waals surface area contributed by atoms with Crippen LogP contribution in [0.5, 0.6) is 11.5 Å². The van der Waals surface area contributed by atoms with Crippen molar-refractivity contribution in [1.29, 1.82) is 0 Å². The van der Waals surface area contributed by atoms with E-state index in [0.717, 1.165) is 11.1 Å². The average Bonchev–Trinajstić information content (AvgIpc) is 2.51. The molecule has 0 aromatic heterocycles. The molecule has 0 radical (unpaired) electrons. The molecule has 1 N–H and O–H groups in total. The SMILES string of the molecule is COc1ccccc1O[C@H]1C=Cc2ccccc2[C@@H]1O. The van der Waals surface area contributed by atoms with E-state index in [-0.39, 0.29) is 0 Å².